The van der Waals surface area contributed by atoms with Crippen LogP contribution < -0.4 is 15.4 Å². The van der Waals surface area contributed by atoms with Crippen LogP contribution in [0, 0.1) is 0 Å². The monoisotopic (exact) mass is 469 g/mol. The number of morpholine rings is 1. The minimum Gasteiger partial charge on any atom is -0.497 e. The Labute approximate surface area is 195 Å². The second-order valence-electron chi connectivity index (χ2n) is 8.54. The predicted molar refractivity (Wildman–Crippen MR) is 124 cm³/mol. The second-order valence-corrected chi connectivity index (χ2v) is 8.95. The molecule has 0 unspecified atom stereocenters. The summed E-state index contributed by atoms with van der Waals surface area (Å²) < 4.78 is 14.0. The van der Waals surface area contributed by atoms with Crippen molar-refractivity contribution in [1.82, 2.24) is 24.1 Å². The van der Waals surface area contributed by atoms with Crippen molar-refractivity contribution in [2.24, 2.45) is 0 Å². The van der Waals surface area contributed by atoms with Crippen LogP contribution >= 0.6 is 11.6 Å². The van der Waals surface area contributed by atoms with E-state index in [1.807, 2.05) is 18.3 Å². The molecular formula is C23H26ClN6O3+. The molecule has 172 valence electrons. The summed E-state index contributed by atoms with van der Waals surface area (Å²) in [6, 6.07) is 7.49. The normalized spacial score (nSPS) is 19.4. The number of halogens is 1. The number of ether oxygens (including phenoxy) is 2. The zero-order chi connectivity index (χ0) is 23.1. The molecule has 10 heteroatoms. The van der Waals surface area contributed by atoms with Crippen molar-refractivity contribution in [2.75, 3.05) is 20.2 Å². The Hall–Kier alpha value is -3.01. The molecule has 5 rings (SSSR count). The number of rotatable bonds is 5. The zero-order valence-electron chi connectivity index (χ0n) is 18.8. The lowest BCUT2D eigenvalue weighted by atomic mass is 10.1. The van der Waals surface area contributed by atoms with E-state index in [0.717, 1.165) is 36.1 Å². The van der Waals surface area contributed by atoms with Gasteiger partial charge in [0, 0.05) is 36.0 Å². The molecule has 4 heterocycles. The first-order valence-electron chi connectivity index (χ1n) is 10.9. The smallest absolute Gasteiger partial charge is 0.425 e. The molecule has 0 radical (unpaired) electrons. The van der Waals surface area contributed by atoms with Crippen molar-refractivity contribution in [3.63, 3.8) is 0 Å². The third kappa shape index (κ3) is 4.19. The summed E-state index contributed by atoms with van der Waals surface area (Å²) in [5.41, 5.74) is 2.75. The van der Waals surface area contributed by atoms with Gasteiger partial charge >= 0.3 is 5.69 Å². The lowest BCUT2D eigenvalue weighted by Gasteiger charge is -2.35. The van der Waals surface area contributed by atoms with E-state index in [0.29, 0.717) is 22.1 Å². The molecule has 1 saturated heterocycles. The molecule has 0 amide bonds. The number of nitrogens with one attached hydrogen (secondary N) is 1. The van der Waals surface area contributed by atoms with Gasteiger partial charge in [-0.3, -0.25) is 9.47 Å². The van der Waals surface area contributed by atoms with Crippen molar-refractivity contribution < 1.29 is 14.5 Å². The summed E-state index contributed by atoms with van der Waals surface area (Å²) in [6.45, 7) is 6.94. The summed E-state index contributed by atoms with van der Waals surface area (Å²) in [4.78, 5) is 23.4. The Morgan fingerprint density at radius 2 is 2.00 bits per heavy atom. The standard InChI is InChI=1S/C23H25ClN6O3/c1-14-9-28(10-15(2)33-14)11-16-6-19-21(25-8-16)29(23(31)30-22(19)26-13-27-30)12-17-4-5-18(32-3)7-20(17)24/h4-8,13-15H,9-12H2,1-3H3/p+1/t14-,15+. The van der Waals surface area contributed by atoms with Crippen LogP contribution in [0.2, 0.25) is 5.02 Å². The van der Waals surface area contributed by atoms with Gasteiger partial charge in [0.05, 0.1) is 31.2 Å². The largest absolute Gasteiger partial charge is 0.497 e. The minimum absolute atomic E-state index is 0.191. The molecule has 0 saturated carbocycles. The van der Waals surface area contributed by atoms with E-state index < -0.39 is 0 Å². The average Bonchev–Trinajstić information content (AvgIpc) is 3.27. The van der Waals surface area contributed by atoms with Gasteiger partial charge in [0.2, 0.25) is 0 Å². The molecule has 1 aliphatic heterocycles. The number of pyridine rings is 1. The molecule has 4 aromatic rings. The Balaban J connectivity index is 1.57. The van der Waals surface area contributed by atoms with Gasteiger partial charge in [-0.2, -0.15) is 0 Å². The molecule has 1 fully saturated rings. The molecule has 1 aliphatic rings. The van der Waals surface area contributed by atoms with E-state index in [1.165, 1.54) is 10.8 Å². The zero-order valence-corrected chi connectivity index (χ0v) is 19.5. The third-order valence-corrected chi connectivity index (χ3v) is 6.27. The maximum Gasteiger partial charge on any atom is 0.425 e. The number of benzene rings is 1. The fraction of sp³-hybridized carbons (Fsp3) is 0.391. The number of hydrogen-bond donors (Lipinski definition) is 0. The molecule has 3 aromatic heterocycles. The van der Waals surface area contributed by atoms with E-state index in [2.05, 4.69) is 34.9 Å². The highest BCUT2D eigenvalue weighted by Gasteiger charge is 2.24. The van der Waals surface area contributed by atoms with Gasteiger partial charge in [-0.25, -0.2) is 14.8 Å². The van der Waals surface area contributed by atoms with E-state index in [9.17, 15) is 4.79 Å². The van der Waals surface area contributed by atoms with E-state index in [-0.39, 0.29) is 24.4 Å². The molecule has 0 spiro atoms. The highest BCUT2D eigenvalue weighted by atomic mass is 35.5. The van der Waals surface area contributed by atoms with Crippen LogP contribution in [-0.2, 0) is 17.8 Å². The Morgan fingerprint density at radius 3 is 2.73 bits per heavy atom. The average molecular weight is 470 g/mol. The van der Waals surface area contributed by atoms with Crippen molar-refractivity contribution in [3.8, 4) is 5.75 Å². The van der Waals surface area contributed by atoms with E-state index >= 15 is 0 Å². The fourth-order valence-electron chi connectivity index (χ4n) is 4.55. The second kappa shape index (κ2) is 8.74. The van der Waals surface area contributed by atoms with Gasteiger partial charge in [-0.15, -0.1) is 0 Å². The minimum atomic E-state index is -0.290. The Morgan fingerprint density at radius 1 is 1.21 bits per heavy atom. The van der Waals surface area contributed by atoms with Crippen LogP contribution in [0.25, 0.3) is 16.7 Å². The number of methoxy groups -OCH3 is 1. The molecular weight excluding hydrogens is 444 g/mol. The highest BCUT2D eigenvalue weighted by molar-refractivity contribution is 6.31. The van der Waals surface area contributed by atoms with Gasteiger partial charge in [-0.1, -0.05) is 17.7 Å². The Kier molecular flexibility index (Phi) is 5.77. The molecule has 1 N–H and O–H groups in total. The van der Waals surface area contributed by atoms with Gasteiger partial charge in [0.1, 0.15) is 5.75 Å². The molecule has 0 aliphatic carbocycles. The maximum absolute atomic E-state index is 13.2. The number of fused-ring (bicyclic) bond motifs is 3. The van der Waals surface area contributed by atoms with Crippen LogP contribution in [0.3, 0.4) is 0 Å². The molecule has 9 nitrogen and oxygen atoms in total. The summed E-state index contributed by atoms with van der Waals surface area (Å²) in [7, 11) is 1.59. The van der Waals surface area contributed by atoms with Crippen LogP contribution in [0.4, 0.5) is 0 Å². The van der Waals surface area contributed by atoms with Gasteiger partial charge in [-0.05, 0) is 47.7 Å². The van der Waals surface area contributed by atoms with Crippen molar-refractivity contribution in [2.45, 2.75) is 39.1 Å². The third-order valence-electron chi connectivity index (χ3n) is 5.92. The van der Waals surface area contributed by atoms with Crippen molar-refractivity contribution in [1.29, 1.82) is 0 Å². The van der Waals surface area contributed by atoms with Crippen molar-refractivity contribution >= 4 is 28.3 Å². The topological polar surface area (TPSA) is 88.0 Å². The SMILES string of the molecule is COc1ccc(Cn2c(=O)n3nc[nH+]c3c3cc(CN4C[C@@H](C)O[C@@H](C)C4)cnc32)c(Cl)c1. The predicted octanol–water partition coefficient (Wildman–Crippen LogP) is 2.18. The van der Waals surface area contributed by atoms with E-state index in [1.54, 1.807) is 17.7 Å². The first kappa shape index (κ1) is 21.8. The van der Waals surface area contributed by atoms with E-state index in [4.69, 9.17) is 26.1 Å². The summed E-state index contributed by atoms with van der Waals surface area (Å²) in [6.07, 6.45) is 3.73. The lowest BCUT2D eigenvalue weighted by Crippen LogP contribution is -2.44. The van der Waals surface area contributed by atoms with Crippen LogP contribution in [-0.4, -0.2) is 56.5 Å². The van der Waals surface area contributed by atoms with Gasteiger partial charge < -0.3 is 9.47 Å². The molecule has 1 aromatic carbocycles. The molecule has 0 bridgehead atoms. The summed E-state index contributed by atoms with van der Waals surface area (Å²) in [5, 5.41) is 5.55. The first-order chi connectivity index (χ1) is 15.9. The summed E-state index contributed by atoms with van der Waals surface area (Å²) in [5.74, 6) is 0.660. The number of hydrogen-bond acceptors (Lipinski definition) is 6. The van der Waals surface area contributed by atoms with Crippen molar-refractivity contribution in [3.05, 3.63) is 63.4 Å². The lowest BCUT2D eigenvalue weighted by molar-refractivity contribution is -0.345. The summed E-state index contributed by atoms with van der Waals surface area (Å²) >= 11 is 6.46. The number of aromatic amines is 1. The van der Waals surface area contributed by atoms with Crippen LogP contribution in [0.15, 0.2) is 41.6 Å². The number of nitrogens with zero attached hydrogens (tertiary/aromatic N) is 5. The number of aromatic nitrogens is 5. The first-order valence-corrected chi connectivity index (χ1v) is 11.3. The van der Waals surface area contributed by atoms with Crippen LogP contribution in [0.5, 0.6) is 5.75 Å². The number of H-pyrrole nitrogens is 1. The fourth-order valence-corrected chi connectivity index (χ4v) is 4.78. The highest BCUT2D eigenvalue weighted by Crippen LogP contribution is 2.24. The molecule has 33 heavy (non-hydrogen) atoms. The molecule has 2 atom stereocenters. The maximum atomic E-state index is 13.2. The van der Waals surface area contributed by atoms with Crippen LogP contribution in [0.1, 0.15) is 25.0 Å². The van der Waals surface area contributed by atoms with Gasteiger partial charge in [0.15, 0.2) is 5.65 Å². The quantitative estimate of drug-likeness (QED) is 0.445. The Bertz CT molecular complexity index is 1370. The van der Waals surface area contributed by atoms with Gasteiger partial charge in [0.25, 0.3) is 12.0 Å².